The van der Waals surface area contributed by atoms with Crippen LogP contribution in [0.5, 0.6) is 0 Å². The summed E-state index contributed by atoms with van der Waals surface area (Å²) in [6.45, 7) is 2.46. The number of nitrogens with zero attached hydrogens (tertiary/aromatic N) is 4. The van der Waals surface area contributed by atoms with Crippen LogP contribution in [0, 0.1) is 0 Å². The number of aromatic amines is 1. The number of pyridine rings is 2. The van der Waals surface area contributed by atoms with Crippen molar-refractivity contribution in [1.82, 2.24) is 25.2 Å². The van der Waals surface area contributed by atoms with Gasteiger partial charge in [0, 0.05) is 38.8 Å². The van der Waals surface area contributed by atoms with Gasteiger partial charge in [0.2, 0.25) is 0 Å². The van der Waals surface area contributed by atoms with Gasteiger partial charge < -0.3 is 15.2 Å². The molecule has 1 saturated heterocycles. The first kappa shape index (κ1) is 17.1. The Morgan fingerprint density at radius 1 is 1.34 bits per heavy atom. The smallest absolute Gasteiger partial charge is 0.269 e. The van der Waals surface area contributed by atoms with Crippen LogP contribution in [0.4, 0.5) is 5.69 Å². The fourth-order valence-electron chi connectivity index (χ4n) is 3.29. The molecular formula is C20H24N6O2S. The first-order valence-corrected chi connectivity index (χ1v) is 10.4. The first-order chi connectivity index (χ1) is 14.8. The number of H-pyrrole nitrogens is 1. The maximum absolute atomic E-state index is 12.0. The maximum atomic E-state index is 12.0. The van der Waals surface area contributed by atoms with Gasteiger partial charge in [-0.1, -0.05) is 6.92 Å². The van der Waals surface area contributed by atoms with E-state index in [2.05, 4.69) is 25.2 Å². The summed E-state index contributed by atoms with van der Waals surface area (Å²) in [6, 6.07) is 5.35. The normalized spacial score (nSPS) is 16.6. The van der Waals surface area contributed by atoms with Crippen molar-refractivity contribution in [3.63, 3.8) is 0 Å². The molecule has 0 aromatic carbocycles. The van der Waals surface area contributed by atoms with Crippen LogP contribution in [0.25, 0.3) is 10.3 Å². The summed E-state index contributed by atoms with van der Waals surface area (Å²) in [6.07, 6.45) is 2.29. The van der Waals surface area contributed by atoms with E-state index in [4.69, 9.17) is 2.74 Å². The highest BCUT2D eigenvalue weighted by atomic mass is 32.1. The average molecular weight is 415 g/mol. The van der Waals surface area contributed by atoms with Crippen molar-refractivity contribution in [3.8, 4) is 0 Å². The minimum Gasteiger partial charge on any atom is -0.368 e. The third-order valence-electron chi connectivity index (χ3n) is 4.97. The molecule has 1 aliphatic rings. The second kappa shape index (κ2) is 8.30. The fourth-order valence-corrected chi connectivity index (χ4v) is 4.20. The lowest BCUT2D eigenvalue weighted by molar-refractivity contribution is 0.0958. The van der Waals surface area contributed by atoms with E-state index >= 15 is 0 Å². The summed E-state index contributed by atoms with van der Waals surface area (Å²) in [4.78, 5) is 38.9. The summed E-state index contributed by atoms with van der Waals surface area (Å²) >= 11 is 1.28. The minimum absolute atomic E-state index is 0.169. The van der Waals surface area contributed by atoms with E-state index < -0.39 is 6.50 Å². The monoisotopic (exact) mass is 414 g/mol. The number of nitrogens with one attached hydrogen (secondary N) is 2. The lowest BCUT2D eigenvalue weighted by Gasteiger charge is -2.35. The number of rotatable bonds is 5. The molecule has 2 N–H and O–H groups in total. The Kier molecular flexibility index (Phi) is 4.90. The number of aromatic nitrogens is 3. The molecule has 29 heavy (non-hydrogen) atoms. The molecule has 0 radical (unpaired) electrons. The van der Waals surface area contributed by atoms with Crippen LogP contribution in [0.2, 0.25) is 0 Å². The molecule has 1 fully saturated rings. The molecule has 0 spiro atoms. The largest absolute Gasteiger partial charge is 0.368 e. The highest BCUT2D eigenvalue weighted by Gasteiger charge is 2.19. The minimum atomic E-state index is -1.74. The van der Waals surface area contributed by atoms with E-state index in [0.717, 1.165) is 10.4 Å². The van der Waals surface area contributed by atoms with Gasteiger partial charge in [-0.25, -0.2) is 9.97 Å². The molecule has 1 amide bonds. The number of piperazine rings is 1. The van der Waals surface area contributed by atoms with Crippen molar-refractivity contribution in [2.75, 3.05) is 38.1 Å². The molecule has 3 aromatic rings. The van der Waals surface area contributed by atoms with E-state index in [1.165, 1.54) is 11.3 Å². The number of hydrogen-bond acceptors (Lipinski definition) is 7. The summed E-state index contributed by atoms with van der Waals surface area (Å²) in [5.41, 5.74) is 2.20. The number of carbonyl (C=O) groups excluding carboxylic acids is 1. The van der Waals surface area contributed by atoms with E-state index in [0.29, 0.717) is 54.5 Å². The molecule has 1 aliphatic heterocycles. The second-order valence-electron chi connectivity index (χ2n) is 6.78. The summed E-state index contributed by atoms with van der Waals surface area (Å²) in [5, 5.41) is 2.89. The predicted octanol–water partition coefficient (Wildman–Crippen LogP) is 1.62. The fraction of sp³-hybridized carbons (Fsp3) is 0.400. The Morgan fingerprint density at radius 2 is 2.14 bits per heavy atom. The lowest BCUT2D eigenvalue weighted by Crippen LogP contribution is -2.46. The zero-order valence-electron chi connectivity index (χ0n) is 18.4. The molecule has 0 saturated carbocycles. The van der Waals surface area contributed by atoms with Crippen LogP contribution in [-0.4, -0.2) is 59.0 Å². The Bertz CT molecular complexity index is 1150. The van der Waals surface area contributed by atoms with E-state index in [-0.39, 0.29) is 11.5 Å². The third-order valence-corrected chi connectivity index (χ3v) is 5.88. The lowest BCUT2D eigenvalue weighted by atomic mass is 10.2. The molecule has 4 heterocycles. The highest BCUT2D eigenvalue weighted by molar-refractivity contribution is 7.18. The average Bonchev–Trinajstić information content (AvgIpc) is 3.21. The van der Waals surface area contributed by atoms with Crippen molar-refractivity contribution in [2.45, 2.75) is 19.8 Å². The molecule has 4 rings (SSSR count). The van der Waals surface area contributed by atoms with Gasteiger partial charge in [-0.05, 0) is 24.6 Å². The molecule has 9 heteroatoms. The first-order valence-electron chi connectivity index (χ1n) is 10.5. The zero-order valence-corrected chi connectivity index (χ0v) is 17.2. The Morgan fingerprint density at radius 3 is 2.79 bits per heavy atom. The molecule has 0 aliphatic carbocycles. The maximum Gasteiger partial charge on any atom is 0.269 e. The number of anilines is 1. The zero-order chi connectivity index (χ0) is 22.2. The molecule has 8 nitrogen and oxygen atoms in total. The second-order valence-corrected chi connectivity index (χ2v) is 7.81. The Balaban J connectivity index is 1.48. The Labute approximate surface area is 175 Å². The molecule has 0 bridgehead atoms. The van der Waals surface area contributed by atoms with E-state index in [9.17, 15) is 9.59 Å². The molecule has 0 atom stereocenters. The van der Waals surface area contributed by atoms with Gasteiger partial charge in [0.15, 0.2) is 5.65 Å². The van der Waals surface area contributed by atoms with E-state index in [1.54, 1.807) is 30.3 Å². The van der Waals surface area contributed by atoms with Crippen LogP contribution in [0.1, 0.15) is 30.7 Å². The number of hydrogen-bond donors (Lipinski definition) is 2. The van der Waals surface area contributed by atoms with Crippen LogP contribution in [0.3, 0.4) is 0 Å². The van der Waals surface area contributed by atoms with Gasteiger partial charge in [0.25, 0.3) is 11.5 Å². The van der Waals surface area contributed by atoms with Crippen molar-refractivity contribution >= 4 is 33.3 Å². The van der Waals surface area contributed by atoms with Crippen molar-refractivity contribution in [1.29, 1.82) is 0 Å². The molecule has 3 aromatic heterocycles. The van der Waals surface area contributed by atoms with Crippen molar-refractivity contribution < 1.29 is 7.54 Å². The number of carbonyl (C=O) groups is 1. The van der Waals surface area contributed by atoms with Gasteiger partial charge >= 0.3 is 0 Å². The number of amides is 1. The predicted molar refractivity (Wildman–Crippen MR) is 115 cm³/mol. The third kappa shape index (κ3) is 4.15. The van der Waals surface area contributed by atoms with Crippen LogP contribution in [-0.2, 0) is 12.9 Å². The standard InChI is InChI=1S/C20H24N6O2S/c1-3-13-10-16-18(24-19(13)27)23-17(29-16)12-25-6-8-26(9-7-25)14-4-5-15(22-11-14)20(28)21-2/h4-5,10-11H,3,6-9,12H2,1-2H3,(H,21,28)(H,24,27)/i12D2. The van der Waals surface area contributed by atoms with Crippen LogP contribution in [0.15, 0.2) is 29.2 Å². The summed E-state index contributed by atoms with van der Waals surface area (Å²) in [7, 11) is 1.57. The Hall–Kier alpha value is -2.78. The quantitative estimate of drug-likeness (QED) is 0.659. The van der Waals surface area contributed by atoms with Gasteiger partial charge in [-0.15, -0.1) is 11.3 Å². The van der Waals surface area contributed by atoms with Gasteiger partial charge in [0.05, 0.1) is 25.8 Å². The topological polar surface area (TPSA) is 94.2 Å². The van der Waals surface area contributed by atoms with Crippen molar-refractivity contribution in [3.05, 3.63) is 51.0 Å². The molecular weight excluding hydrogens is 388 g/mol. The summed E-state index contributed by atoms with van der Waals surface area (Å²) in [5.74, 6) is -0.229. The highest BCUT2D eigenvalue weighted by Crippen LogP contribution is 2.23. The van der Waals surface area contributed by atoms with Crippen LogP contribution >= 0.6 is 11.3 Å². The van der Waals surface area contributed by atoms with Crippen LogP contribution < -0.4 is 15.8 Å². The van der Waals surface area contributed by atoms with E-state index in [1.807, 2.05) is 13.0 Å². The summed E-state index contributed by atoms with van der Waals surface area (Å²) < 4.78 is 18.2. The molecule has 0 unspecified atom stereocenters. The van der Waals surface area contributed by atoms with Crippen molar-refractivity contribution in [2.24, 2.45) is 0 Å². The SMILES string of the molecule is [2H]C([2H])(c1nc2[nH]c(=O)c(CC)cc2s1)N1CCN(c2ccc(C(=O)NC)nc2)CC1. The van der Waals surface area contributed by atoms with Gasteiger partial charge in [-0.2, -0.15) is 0 Å². The number of thiazole rings is 1. The number of fused-ring (bicyclic) bond motifs is 1. The number of aryl methyl sites for hydroxylation is 1. The van der Waals surface area contributed by atoms with Gasteiger partial charge in [0.1, 0.15) is 10.7 Å². The molecule has 152 valence electrons. The van der Waals surface area contributed by atoms with Gasteiger partial charge in [-0.3, -0.25) is 14.5 Å².